The number of carbonyl (C=O) groups is 1. The molecule has 0 aromatic carbocycles. The monoisotopic (exact) mass is 187 g/mol. The van der Waals surface area contributed by atoms with Crippen LogP contribution in [-0.4, -0.2) is 24.7 Å². The summed E-state index contributed by atoms with van der Waals surface area (Å²) in [6.45, 7) is 9.16. The molecule has 78 valence electrons. The molecule has 1 amide bonds. The third kappa shape index (κ3) is 6.58. The van der Waals surface area contributed by atoms with Crippen molar-refractivity contribution in [2.45, 2.75) is 46.1 Å². The highest BCUT2D eigenvalue weighted by molar-refractivity contribution is 5.75. The molecule has 0 aliphatic carbocycles. The summed E-state index contributed by atoms with van der Waals surface area (Å²) < 4.78 is 5.44. The minimum atomic E-state index is -0.252. The van der Waals surface area contributed by atoms with Crippen LogP contribution in [0.3, 0.4) is 0 Å². The van der Waals surface area contributed by atoms with Gasteiger partial charge in [0, 0.05) is 19.6 Å². The maximum Gasteiger partial charge on any atom is 0.220 e. The predicted molar refractivity (Wildman–Crippen MR) is 53.6 cm³/mol. The molecule has 0 radical (unpaired) electrons. The lowest BCUT2D eigenvalue weighted by molar-refractivity contribution is -0.122. The largest absolute Gasteiger partial charge is 0.374 e. The molecule has 0 rings (SSSR count). The molecule has 13 heavy (non-hydrogen) atoms. The molecule has 0 heterocycles. The van der Waals surface area contributed by atoms with Crippen LogP contribution in [-0.2, 0) is 9.53 Å². The minimum absolute atomic E-state index is 0.107. The van der Waals surface area contributed by atoms with Crippen LogP contribution in [0.25, 0.3) is 0 Å². The molecular weight excluding hydrogens is 166 g/mol. The first-order chi connectivity index (χ1) is 6.02. The molecule has 0 atom stereocenters. The second-order valence-corrected chi connectivity index (χ2v) is 3.72. The topological polar surface area (TPSA) is 38.3 Å². The second kappa shape index (κ2) is 5.97. The smallest absolute Gasteiger partial charge is 0.220 e. The summed E-state index contributed by atoms with van der Waals surface area (Å²) in [6.07, 6.45) is 1.49. The van der Waals surface area contributed by atoms with E-state index < -0.39 is 0 Å². The van der Waals surface area contributed by atoms with Crippen LogP contribution >= 0.6 is 0 Å². The fourth-order valence-corrected chi connectivity index (χ4v) is 1.07. The zero-order chi connectivity index (χ0) is 10.3. The van der Waals surface area contributed by atoms with E-state index in [-0.39, 0.29) is 11.5 Å². The van der Waals surface area contributed by atoms with E-state index in [4.69, 9.17) is 4.74 Å². The van der Waals surface area contributed by atoms with Crippen LogP contribution in [0.15, 0.2) is 0 Å². The van der Waals surface area contributed by atoms with Gasteiger partial charge in [0.2, 0.25) is 5.91 Å². The highest BCUT2D eigenvalue weighted by Crippen LogP contribution is 2.06. The Morgan fingerprint density at radius 3 is 2.46 bits per heavy atom. The number of carbonyl (C=O) groups excluding carboxylic acids is 1. The Labute approximate surface area is 80.8 Å². The predicted octanol–water partition coefficient (Wildman–Crippen LogP) is 1.72. The third-order valence-electron chi connectivity index (χ3n) is 1.72. The number of ether oxygens (including phenoxy) is 1. The highest BCUT2D eigenvalue weighted by Gasteiger charge is 2.17. The molecular formula is C10H21NO2. The maximum atomic E-state index is 11.1. The first kappa shape index (κ1) is 12.4. The van der Waals surface area contributed by atoms with Gasteiger partial charge in [0.1, 0.15) is 0 Å². The van der Waals surface area contributed by atoms with Gasteiger partial charge in [-0.3, -0.25) is 4.79 Å². The van der Waals surface area contributed by atoms with E-state index >= 15 is 0 Å². The Morgan fingerprint density at radius 2 is 2.00 bits per heavy atom. The zero-order valence-corrected chi connectivity index (χ0v) is 9.14. The molecule has 0 unspecified atom stereocenters. The van der Waals surface area contributed by atoms with E-state index in [0.29, 0.717) is 19.6 Å². The summed E-state index contributed by atoms with van der Waals surface area (Å²) in [5, 5.41) is 2.84. The normalized spacial score (nSPS) is 11.4. The molecule has 0 aromatic heterocycles. The summed E-state index contributed by atoms with van der Waals surface area (Å²) in [4.78, 5) is 11.1. The quantitative estimate of drug-likeness (QED) is 0.687. The van der Waals surface area contributed by atoms with Crippen LogP contribution in [0.4, 0.5) is 0 Å². The molecule has 0 aromatic rings. The summed E-state index contributed by atoms with van der Waals surface area (Å²) >= 11 is 0. The Kier molecular flexibility index (Phi) is 5.71. The second-order valence-electron chi connectivity index (χ2n) is 3.72. The van der Waals surface area contributed by atoms with Crippen LogP contribution < -0.4 is 5.32 Å². The number of rotatable bonds is 6. The molecule has 0 saturated heterocycles. The van der Waals surface area contributed by atoms with Gasteiger partial charge in [0.25, 0.3) is 0 Å². The summed E-state index contributed by atoms with van der Waals surface area (Å²) in [5.74, 6) is 0.107. The summed E-state index contributed by atoms with van der Waals surface area (Å²) in [7, 11) is 0. The van der Waals surface area contributed by atoms with Gasteiger partial charge in [-0.15, -0.1) is 0 Å². The third-order valence-corrected chi connectivity index (χ3v) is 1.72. The van der Waals surface area contributed by atoms with Crippen molar-refractivity contribution in [1.29, 1.82) is 0 Å². The van der Waals surface area contributed by atoms with Gasteiger partial charge in [-0.2, -0.15) is 0 Å². The van der Waals surface area contributed by atoms with Gasteiger partial charge in [0.05, 0.1) is 5.60 Å². The fourth-order valence-electron chi connectivity index (χ4n) is 1.07. The number of hydrogen-bond acceptors (Lipinski definition) is 2. The van der Waals surface area contributed by atoms with Crippen LogP contribution in [0, 0.1) is 0 Å². The van der Waals surface area contributed by atoms with Gasteiger partial charge in [-0.25, -0.2) is 0 Å². The lowest BCUT2D eigenvalue weighted by Crippen LogP contribution is -2.40. The van der Waals surface area contributed by atoms with Crippen molar-refractivity contribution in [3.05, 3.63) is 0 Å². The van der Waals surface area contributed by atoms with Crippen molar-refractivity contribution >= 4 is 5.91 Å². The van der Waals surface area contributed by atoms with E-state index in [0.717, 1.165) is 6.42 Å². The Morgan fingerprint density at radius 1 is 1.38 bits per heavy atom. The van der Waals surface area contributed by atoms with E-state index in [9.17, 15) is 4.79 Å². The number of hydrogen-bond donors (Lipinski definition) is 1. The average Bonchev–Trinajstić information content (AvgIpc) is 2.02. The van der Waals surface area contributed by atoms with Gasteiger partial charge in [0.15, 0.2) is 0 Å². The molecule has 1 N–H and O–H groups in total. The van der Waals surface area contributed by atoms with Crippen molar-refractivity contribution in [2.75, 3.05) is 13.2 Å². The molecule has 0 bridgehead atoms. The molecule has 0 aliphatic rings. The van der Waals surface area contributed by atoms with Crippen molar-refractivity contribution in [2.24, 2.45) is 0 Å². The van der Waals surface area contributed by atoms with Crippen LogP contribution in [0.2, 0.25) is 0 Å². The fraction of sp³-hybridized carbons (Fsp3) is 0.900. The highest BCUT2D eigenvalue weighted by atomic mass is 16.5. The number of nitrogens with one attached hydrogen (secondary N) is 1. The Hall–Kier alpha value is -0.570. The minimum Gasteiger partial charge on any atom is -0.374 e. The first-order valence-electron chi connectivity index (χ1n) is 4.92. The van der Waals surface area contributed by atoms with Crippen molar-refractivity contribution in [3.8, 4) is 0 Å². The Bertz CT molecular complexity index is 155. The van der Waals surface area contributed by atoms with Gasteiger partial charge in [-0.1, -0.05) is 6.92 Å². The summed E-state index contributed by atoms with van der Waals surface area (Å²) in [5.41, 5.74) is -0.252. The SMILES string of the molecule is CCCC(=O)NCC(C)(C)OCC. The first-order valence-corrected chi connectivity index (χ1v) is 4.92. The molecule has 0 saturated carbocycles. The lowest BCUT2D eigenvalue weighted by atomic mass is 10.1. The molecule has 0 spiro atoms. The standard InChI is InChI=1S/C10H21NO2/c1-5-7-9(12)11-8-10(3,4)13-6-2/h5-8H2,1-4H3,(H,11,12). The molecule has 0 fully saturated rings. The van der Waals surface area contributed by atoms with Crippen LogP contribution in [0.5, 0.6) is 0 Å². The van der Waals surface area contributed by atoms with E-state index in [1.54, 1.807) is 0 Å². The van der Waals surface area contributed by atoms with Gasteiger partial charge >= 0.3 is 0 Å². The van der Waals surface area contributed by atoms with Crippen molar-refractivity contribution < 1.29 is 9.53 Å². The zero-order valence-electron chi connectivity index (χ0n) is 9.14. The lowest BCUT2D eigenvalue weighted by Gasteiger charge is -2.24. The number of amides is 1. The Balaban J connectivity index is 3.67. The molecule has 3 heteroatoms. The maximum absolute atomic E-state index is 11.1. The summed E-state index contributed by atoms with van der Waals surface area (Å²) in [6, 6.07) is 0. The molecule has 0 aliphatic heterocycles. The van der Waals surface area contributed by atoms with Gasteiger partial charge in [-0.05, 0) is 27.2 Å². The van der Waals surface area contributed by atoms with Crippen LogP contribution in [0.1, 0.15) is 40.5 Å². The van der Waals surface area contributed by atoms with E-state index in [1.165, 1.54) is 0 Å². The van der Waals surface area contributed by atoms with Crippen molar-refractivity contribution in [3.63, 3.8) is 0 Å². The van der Waals surface area contributed by atoms with Crippen molar-refractivity contribution in [1.82, 2.24) is 5.32 Å². The van der Waals surface area contributed by atoms with E-state index in [2.05, 4.69) is 5.32 Å². The van der Waals surface area contributed by atoms with E-state index in [1.807, 2.05) is 27.7 Å². The molecule has 3 nitrogen and oxygen atoms in total. The van der Waals surface area contributed by atoms with Gasteiger partial charge < -0.3 is 10.1 Å². The average molecular weight is 187 g/mol.